The lowest BCUT2D eigenvalue weighted by atomic mass is 9.99. The van der Waals surface area contributed by atoms with Crippen LogP contribution in [-0.4, -0.2) is 53.7 Å². The van der Waals surface area contributed by atoms with Crippen LogP contribution in [-0.2, 0) is 0 Å². The Balaban J connectivity index is 1.83. The van der Waals surface area contributed by atoms with Gasteiger partial charge in [0.05, 0.1) is 6.10 Å². The Bertz CT molecular complexity index is 391. The second kappa shape index (κ2) is 6.04. The third-order valence-electron chi connectivity index (χ3n) is 4.30. The zero-order valence-corrected chi connectivity index (χ0v) is 12.3. The van der Waals surface area contributed by atoms with E-state index in [-0.39, 0.29) is 11.6 Å². The molecule has 1 aromatic carbocycles. The Morgan fingerprint density at radius 2 is 1.89 bits per heavy atom. The van der Waals surface area contributed by atoms with Gasteiger partial charge in [-0.3, -0.25) is 4.90 Å². The van der Waals surface area contributed by atoms with E-state index in [1.54, 1.807) is 0 Å². The number of benzene rings is 1. The molecule has 1 atom stereocenters. The number of rotatable bonds is 4. The summed E-state index contributed by atoms with van der Waals surface area (Å²) < 4.78 is 0. The van der Waals surface area contributed by atoms with Gasteiger partial charge in [0, 0.05) is 31.7 Å². The average molecular weight is 262 g/mol. The molecule has 1 unspecified atom stereocenters. The zero-order chi connectivity index (χ0) is 13.9. The molecule has 0 bridgehead atoms. The van der Waals surface area contributed by atoms with Gasteiger partial charge < -0.3 is 10.0 Å². The molecule has 1 aromatic rings. The predicted octanol–water partition coefficient (Wildman–Crippen LogP) is 2.14. The molecule has 1 aliphatic heterocycles. The number of hydrogen-bond acceptors (Lipinski definition) is 3. The van der Waals surface area contributed by atoms with Crippen molar-refractivity contribution in [2.75, 3.05) is 33.2 Å². The SMILES string of the molecule is CN1CCN(CCC(O)c2ccccc2)CC1(C)C. The summed E-state index contributed by atoms with van der Waals surface area (Å²) in [6.45, 7) is 8.81. The van der Waals surface area contributed by atoms with Crippen LogP contribution in [0.4, 0.5) is 0 Å². The van der Waals surface area contributed by atoms with Gasteiger partial charge in [0.25, 0.3) is 0 Å². The Kier molecular flexibility index (Phi) is 4.61. The molecule has 0 spiro atoms. The van der Waals surface area contributed by atoms with E-state index < -0.39 is 0 Å². The van der Waals surface area contributed by atoms with Gasteiger partial charge in [0.15, 0.2) is 0 Å². The van der Waals surface area contributed by atoms with Crippen molar-refractivity contribution in [2.24, 2.45) is 0 Å². The summed E-state index contributed by atoms with van der Waals surface area (Å²) in [5.74, 6) is 0. The van der Waals surface area contributed by atoms with Crippen molar-refractivity contribution in [1.82, 2.24) is 9.80 Å². The highest BCUT2D eigenvalue weighted by Gasteiger charge is 2.30. The van der Waals surface area contributed by atoms with Crippen molar-refractivity contribution in [3.05, 3.63) is 35.9 Å². The smallest absolute Gasteiger partial charge is 0.0802 e. The maximum atomic E-state index is 10.2. The van der Waals surface area contributed by atoms with Gasteiger partial charge in [-0.1, -0.05) is 30.3 Å². The number of aliphatic hydroxyl groups excluding tert-OH is 1. The highest BCUT2D eigenvalue weighted by molar-refractivity contribution is 5.17. The Morgan fingerprint density at radius 3 is 2.53 bits per heavy atom. The van der Waals surface area contributed by atoms with Gasteiger partial charge >= 0.3 is 0 Å². The molecule has 1 heterocycles. The summed E-state index contributed by atoms with van der Waals surface area (Å²) in [5.41, 5.74) is 1.26. The van der Waals surface area contributed by atoms with E-state index >= 15 is 0 Å². The van der Waals surface area contributed by atoms with Crippen LogP contribution in [0.25, 0.3) is 0 Å². The van der Waals surface area contributed by atoms with E-state index in [2.05, 4.69) is 30.7 Å². The highest BCUT2D eigenvalue weighted by atomic mass is 16.3. The van der Waals surface area contributed by atoms with Gasteiger partial charge in [-0.05, 0) is 32.9 Å². The molecule has 1 N–H and O–H groups in total. The van der Waals surface area contributed by atoms with E-state index in [0.717, 1.165) is 38.2 Å². The standard InChI is InChI=1S/C16H26N2O/c1-16(2)13-18(12-11-17(16)3)10-9-15(19)14-7-5-4-6-8-14/h4-8,15,19H,9-13H2,1-3H3. The van der Waals surface area contributed by atoms with Crippen molar-refractivity contribution in [2.45, 2.75) is 31.9 Å². The molecule has 0 aromatic heterocycles. The van der Waals surface area contributed by atoms with Gasteiger partial charge in [-0.25, -0.2) is 0 Å². The molecule has 1 saturated heterocycles. The van der Waals surface area contributed by atoms with Crippen molar-refractivity contribution in [3.63, 3.8) is 0 Å². The molecule has 1 fully saturated rings. The Hall–Kier alpha value is -0.900. The molecule has 0 radical (unpaired) electrons. The summed E-state index contributed by atoms with van der Waals surface area (Å²) in [6, 6.07) is 9.95. The van der Waals surface area contributed by atoms with Crippen LogP contribution in [0.1, 0.15) is 31.9 Å². The minimum Gasteiger partial charge on any atom is -0.388 e. The first-order chi connectivity index (χ1) is 8.99. The van der Waals surface area contributed by atoms with Gasteiger partial charge in [0.1, 0.15) is 0 Å². The number of hydrogen-bond donors (Lipinski definition) is 1. The topological polar surface area (TPSA) is 26.7 Å². The number of aliphatic hydroxyl groups is 1. The molecule has 0 saturated carbocycles. The molecule has 0 amide bonds. The second-order valence-electron chi connectivity index (χ2n) is 6.23. The fraction of sp³-hybridized carbons (Fsp3) is 0.625. The molecule has 3 heteroatoms. The van der Waals surface area contributed by atoms with E-state index in [4.69, 9.17) is 0 Å². The average Bonchev–Trinajstić information content (AvgIpc) is 2.40. The van der Waals surface area contributed by atoms with Crippen LogP contribution in [0.15, 0.2) is 30.3 Å². The van der Waals surface area contributed by atoms with Crippen molar-refractivity contribution in [1.29, 1.82) is 0 Å². The summed E-state index contributed by atoms with van der Waals surface area (Å²) >= 11 is 0. The van der Waals surface area contributed by atoms with E-state index in [1.165, 1.54) is 0 Å². The van der Waals surface area contributed by atoms with Crippen LogP contribution in [0, 0.1) is 0 Å². The lowest BCUT2D eigenvalue weighted by Gasteiger charge is -2.45. The van der Waals surface area contributed by atoms with Crippen LogP contribution in [0.3, 0.4) is 0 Å². The first-order valence-corrected chi connectivity index (χ1v) is 7.16. The van der Waals surface area contributed by atoms with Gasteiger partial charge in [-0.15, -0.1) is 0 Å². The molecule has 1 aliphatic rings. The number of piperazine rings is 1. The number of nitrogens with zero attached hydrogens (tertiary/aromatic N) is 2. The fourth-order valence-electron chi connectivity index (χ4n) is 2.68. The van der Waals surface area contributed by atoms with Crippen molar-refractivity contribution in [3.8, 4) is 0 Å². The summed E-state index contributed by atoms with van der Waals surface area (Å²) in [4.78, 5) is 4.88. The zero-order valence-electron chi connectivity index (χ0n) is 12.3. The summed E-state index contributed by atoms with van der Waals surface area (Å²) in [7, 11) is 2.19. The maximum Gasteiger partial charge on any atom is 0.0802 e. The predicted molar refractivity (Wildman–Crippen MR) is 79.2 cm³/mol. The summed E-state index contributed by atoms with van der Waals surface area (Å²) in [6.07, 6.45) is 0.466. The van der Waals surface area contributed by atoms with Gasteiger partial charge in [0.2, 0.25) is 0 Å². The Morgan fingerprint density at radius 1 is 1.21 bits per heavy atom. The first-order valence-electron chi connectivity index (χ1n) is 7.16. The molecule has 106 valence electrons. The third-order valence-corrected chi connectivity index (χ3v) is 4.30. The fourth-order valence-corrected chi connectivity index (χ4v) is 2.68. The molecular weight excluding hydrogens is 236 g/mol. The first kappa shape index (κ1) is 14.5. The largest absolute Gasteiger partial charge is 0.388 e. The maximum absolute atomic E-state index is 10.2. The molecular formula is C16H26N2O. The minimum absolute atomic E-state index is 0.232. The van der Waals surface area contributed by atoms with Crippen LogP contribution in [0.2, 0.25) is 0 Å². The molecule has 19 heavy (non-hydrogen) atoms. The second-order valence-corrected chi connectivity index (χ2v) is 6.23. The Labute approximate surface area is 116 Å². The van der Waals surface area contributed by atoms with Crippen molar-refractivity contribution >= 4 is 0 Å². The molecule has 0 aliphatic carbocycles. The summed E-state index contributed by atoms with van der Waals surface area (Å²) in [5, 5.41) is 10.2. The number of likely N-dealkylation sites (N-methyl/N-ethyl adjacent to an activating group) is 1. The lowest BCUT2D eigenvalue weighted by Crippen LogP contribution is -2.57. The van der Waals surface area contributed by atoms with Gasteiger partial charge in [-0.2, -0.15) is 0 Å². The van der Waals surface area contributed by atoms with E-state index in [1.807, 2.05) is 30.3 Å². The monoisotopic (exact) mass is 262 g/mol. The normalized spacial score (nSPS) is 22.3. The van der Waals surface area contributed by atoms with E-state index in [0.29, 0.717) is 0 Å². The van der Waals surface area contributed by atoms with Crippen molar-refractivity contribution < 1.29 is 5.11 Å². The third kappa shape index (κ3) is 3.78. The van der Waals surface area contributed by atoms with E-state index in [9.17, 15) is 5.11 Å². The lowest BCUT2D eigenvalue weighted by molar-refractivity contribution is 0.0313. The minimum atomic E-state index is -0.344. The van der Waals surface area contributed by atoms with Crippen LogP contribution >= 0.6 is 0 Å². The molecule has 2 rings (SSSR count). The highest BCUT2D eigenvalue weighted by Crippen LogP contribution is 2.21. The van der Waals surface area contributed by atoms with Crippen LogP contribution in [0.5, 0.6) is 0 Å². The van der Waals surface area contributed by atoms with Crippen LogP contribution < -0.4 is 0 Å². The molecule has 3 nitrogen and oxygen atoms in total. The quantitative estimate of drug-likeness (QED) is 0.900.